The molecule has 0 radical (unpaired) electrons. The van der Waals surface area contributed by atoms with Gasteiger partial charge in [-0.3, -0.25) is 4.98 Å². The summed E-state index contributed by atoms with van der Waals surface area (Å²) in [6, 6.07) is 8.96. The first-order valence-electron chi connectivity index (χ1n) is 6.21. The zero-order valence-corrected chi connectivity index (χ0v) is 12.6. The molecular weight excluding hydrogens is 309 g/mol. The number of nitrogens with two attached hydrogens (primary N) is 1. The van der Waals surface area contributed by atoms with Crippen molar-refractivity contribution in [2.75, 3.05) is 5.73 Å². The summed E-state index contributed by atoms with van der Waals surface area (Å²) in [6.45, 7) is 1.88. The Bertz CT molecular complexity index is 794. The molecule has 0 aliphatic rings. The molecule has 0 aliphatic heterocycles. The van der Waals surface area contributed by atoms with E-state index in [2.05, 4.69) is 10.1 Å². The van der Waals surface area contributed by atoms with Crippen LogP contribution < -0.4 is 5.73 Å². The van der Waals surface area contributed by atoms with Crippen molar-refractivity contribution in [3.05, 3.63) is 52.3 Å². The number of benzene rings is 1. The maximum absolute atomic E-state index is 6.27. The van der Waals surface area contributed by atoms with Gasteiger partial charge in [0.25, 0.3) is 0 Å². The molecule has 2 N–H and O–H groups in total. The summed E-state index contributed by atoms with van der Waals surface area (Å²) in [5, 5.41) is 4.82. The smallest absolute Gasteiger partial charge is 0.178 e. The van der Waals surface area contributed by atoms with Gasteiger partial charge < -0.3 is 10.3 Å². The van der Waals surface area contributed by atoms with E-state index in [-0.39, 0.29) is 5.82 Å². The van der Waals surface area contributed by atoms with Gasteiger partial charge in [-0.25, -0.2) is 0 Å². The highest BCUT2D eigenvalue weighted by atomic mass is 35.5. The van der Waals surface area contributed by atoms with Gasteiger partial charge in [0.05, 0.1) is 15.6 Å². The molecule has 0 atom stereocenters. The van der Waals surface area contributed by atoms with Crippen LogP contribution in [0.4, 0.5) is 5.82 Å². The molecule has 0 spiro atoms. The van der Waals surface area contributed by atoms with Crippen LogP contribution in [-0.4, -0.2) is 10.1 Å². The average Bonchev–Trinajstić information content (AvgIpc) is 2.81. The van der Waals surface area contributed by atoms with Crippen LogP contribution >= 0.6 is 23.2 Å². The van der Waals surface area contributed by atoms with Crippen LogP contribution in [0.2, 0.25) is 10.0 Å². The van der Waals surface area contributed by atoms with E-state index in [9.17, 15) is 0 Å². The number of nitrogens with zero attached hydrogens (tertiary/aromatic N) is 2. The summed E-state index contributed by atoms with van der Waals surface area (Å²) in [4.78, 5) is 4.25. The Morgan fingerprint density at radius 3 is 2.43 bits per heavy atom. The summed E-state index contributed by atoms with van der Waals surface area (Å²) >= 11 is 12.5. The maximum Gasteiger partial charge on any atom is 0.178 e. The number of nitrogen functional groups attached to an aromatic ring is 1. The van der Waals surface area contributed by atoms with Gasteiger partial charge in [0.1, 0.15) is 0 Å². The second-order valence-electron chi connectivity index (χ2n) is 4.50. The van der Waals surface area contributed by atoms with Gasteiger partial charge in [-0.15, -0.1) is 0 Å². The number of hydrogen-bond acceptors (Lipinski definition) is 4. The first-order valence-corrected chi connectivity index (χ1v) is 6.96. The van der Waals surface area contributed by atoms with Crippen LogP contribution in [-0.2, 0) is 0 Å². The van der Waals surface area contributed by atoms with Gasteiger partial charge in [-0.2, -0.15) is 0 Å². The third-order valence-corrected chi connectivity index (χ3v) is 3.81. The van der Waals surface area contributed by atoms with E-state index in [0.29, 0.717) is 26.9 Å². The third kappa shape index (κ3) is 2.37. The number of halogens is 2. The molecular formula is C15H11Cl2N3O. The van der Waals surface area contributed by atoms with Crippen molar-refractivity contribution >= 4 is 29.0 Å². The Hall–Kier alpha value is -2.04. The zero-order valence-electron chi connectivity index (χ0n) is 11.1. The van der Waals surface area contributed by atoms with E-state index in [1.54, 1.807) is 24.4 Å². The minimum Gasteiger partial charge on any atom is -0.380 e. The predicted molar refractivity (Wildman–Crippen MR) is 84.3 cm³/mol. The lowest BCUT2D eigenvalue weighted by Crippen LogP contribution is -1.92. The largest absolute Gasteiger partial charge is 0.380 e. The number of rotatable bonds is 2. The number of anilines is 1. The second kappa shape index (κ2) is 5.39. The zero-order chi connectivity index (χ0) is 15.0. The molecule has 0 unspecified atom stereocenters. The lowest BCUT2D eigenvalue weighted by atomic mass is 10.0. The molecule has 0 amide bonds. The molecule has 2 aromatic heterocycles. The molecule has 0 aliphatic carbocycles. The van der Waals surface area contributed by atoms with Crippen LogP contribution in [0, 0.1) is 6.92 Å². The quantitative estimate of drug-likeness (QED) is 0.749. The van der Waals surface area contributed by atoms with Crippen LogP contribution in [0.3, 0.4) is 0 Å². The fourth-order valence-electron chi connectivity index (χ4n) is 2.19. The number of aryl methyl sites for hydroxylation is 1. The van der Waals surface area contributed by atoms with Crippen molar-refractivity contribution in [3.8, 4) is 22.5 Å². The summed E-state index contributed by atoms with van der Waals surface area (Å²) in [5.74, 6) is 0.747. The highest BCUT2D eigenvalue weighted by Crippen LogP contribution is 2.43. The average molecular weight is 320 g/mol. The number of pyridine rings is 1. The Morgan fingerprint density at radius 1 is 1.05 bits per heavy atom. The summed E-state index contributed by atoms with van der Waals surface area (Å²) in [5.41, 5.74) is 8.75. The lowest BCUT2D eigenvalue weighted by Gasteiger charge is -2.08. The minimum atomic E-state index is 0.239. The highest BCUT2D eigenvalue weighted by Gasteiger charge is 2.23. The van der Waals surface area contributed by atoms with Crippen molar-refractivity contribution in [2.24, 2.45) is 0 Å². The SMILES string of the molecule is Cc1ncccc1-c1onc(N)c1-c1c(Cl)cccc1Cl. The molecule has 4 nitrogen and oxygen atoms in total. The van der Waals surface area contributed by atoms with E-state index in [1.165, 1.54) is 0 Å². The highest BCUT2D eigenvalue weighted by molar-refractivity contribution is 6.39. The van der Waals surface area contributed by atoms with E-state index in [4.69, 9.17) is 33.5 Å². The van der Waals surface area contributed by atoms with Gasteiger partial charge in [0.2, 0.25) is 0 Å². The Kier molecular flexibility index (Phi) is 3.57. The molecule has 3 rings (SSSR count). The van der Waals surface area contributed by atoms with E-state index in [0.717, 1.165) is 11.3 Å². The number of aromatic nitrogens is 2. The van der Waals surface area contributed by atoms with Crippen molar-refractivity contribution in [3.63, 3.8) is 0 Å². The van der Waals surface area contributed by atoms with Gasteiger partial charge in [0.15, 0.2) is 11.6 Å². The van der Waals surface area contributed by atoms with E-state index in [1.807, 2.05) is 19.1 Å². The Balaban J connectivity index is 2.31. The summed E-state index contributed by atoms with van der Waals surface area (Å²) < 4.78 is 5.39. The van der Waals surface area contributed by atoms with Crippen molar-refractivity contribution < 1.29 is 4.52 Å². The lowest BCUT2D eigenvalue weighted by molar-refractivity contribution is 0.435. The van der Waals surface area contributed by atoms with Crippen LogP contribution in [0.15, 0.2) is 41.1 Å². The molecule has 0 saturated carbocycles. The summed E-state index contributed by atoms with van der Waals surface area (Å²) in [6.07, 6.45) is 1.71. The fraction of sp³-hybridized carbons (Fsp3) is 0.0667. The molecule has 2 heterocycles. The monoisotopic (exact) mass is 319 g/mol. The standard InChI is InChI=1S/C15H11Cl2N3O/c1-8-9(4-3-7-19-8)14-13(15(18)20-21-14)12-10(16)5-2-6-11(12)17/h2-7H,1H3,(H2,18,20). The first kappa shape index (κ1) is 13.9. The number of hydrogen-bond donors (Lipinski definition) is 1. The normalized spacial score (nSPS) is 10.8. The topological polar surface area (TPSA) is 64.9 Å². The fourth-order valence-corrected chi connectivity index (χ4v) is 2.78. The van der Waals surface area contributed by atoms with E-state index < -0.39 is 0 Å². The molecule has 0 saturated heterocycles. The van der Waals surface area contributed by atoms with Crippen LogP contribution in [0.1, 0.15) is 5.69 Å². The molecule has 0 bridgehead atoms. The Labute approximate surface area is 131 Å². The van der Waals surface area contributed by atoms with Crippen LogP contribution in [0.5, 0.6) is 0 Å². The molecule has 6 heteroatoms. The first-order chi connectivity index (χ1) is 10.1. The molecule has 21 heavy (non-hydrogen) atoms. The van der Waals surface area contributed by atoms with Gasteiger partial charge in [-0.1, -0.05) is 34.4 Å². The van der Waals surface area contributed by atoms with Crippen LogP contribution in [0.25, 0.3) is 22.5 Å². The third-order valence-electron chi connectivity index (χ3n) is 3.18. The van der Waals surface area contributed by atoms with Gasteiger partial charge in [0, 0.05) is 23.0 Å². The molecule has 3 aromatic rings. The van der Waals surface area contributed by atoms with Crippen molar-refractivity contribution in [1.29, 1.82) is 0 Å². The minimum absolute atomic E-state index is 0.239. The predicted octanol–water partition coefficient (Wildman–Crippen LogP) is 4.60. The van der Waals surface area contributed by atoms with E-state index >= 15 is 0 Å². The second-order valence-corrected chi connectivity index (χ2v) is 5.32. The van der Waals surface area contributed by atoms with Crippen molar-refractivity contribution in [2.45, 2.75) is 6.92 Å². The maximum atomic E-state index is 6.27. The van der Waals surface area contributed by atoms with Gasteiger partial charge in [-0.05, 0) is 31.2 Å². The molecule has 1 aromatic carbocycles. The van der Waals surface area contributed by atoms with Crippen molar-refractivity contribution in [1.82, 2.24) is 10.1 Å². The summed E-state index contributed by atoms with van der Waals surface area (Å²) in [7, 11) is 0. The molecule has 106 valence electrons. The van der Waals surface area contributed by atoms with Gasteiger partial charge >= 0.3 is 0 Å². The Morgan fingerprint density at radius 2 is 1.76 bits per heavy atom. The molecule has 0 fully saturated rings.